The summed E-state index contributed by atoms with van der Waals surface area (Å²) in [7, 11) is -3.07. The second kappa shape index (κ2) is 7.48. The largest absolute Gasteiger partial charge is 0.348 e. The summed E-state index contributed by atoms with van der Waals surface area (Å²) in [6, 6.07) is 15.3. The highest BCUT2D eigenvalue weighted by atomic mass is 32.2. The van der Waals surface area contributed by atoms with Crippen LogP contribution in [-0.4, -0.2) is 41.7 Å². The predicted octanol–water partition coefficient (Wildman–Crippen LogP) is 3.07. The van der Waals surface area contributed by atoms with E-state index in [9.17, 15) is 13.2 Å². The molecule has 1 aliphatic rings. The number of rotatable bonds is 4. The van der Waals surface area contributed by atoms with Crippen LogP contribution < -0.4 is 5.32 Å². The summed E-state index contributed by atoms with van der Waals surface area (Å²) in [5.74, 6) is -0.195. The molecule has 0 radical (unpaired) electrons. The van der Waals surface area contributed by atoms with Crippen LogP contribution in [0.3, 0.4) is 0 Å². The molecule has 29 heavy (non-hydrogen) atoms. The maximum Gasteiger partial charge on any atom is 0.255 e. The first-order chi connectivity index (χ1) is 13.8. The standard InChI is InChI=1S/C22H23N3O3S/c1-15-8-9-19(16(2)12-15)21-20(13-25(24-21)18-6-4-3-5-7-18)22(26)23-17-10-11-29(27,28)14-17/h3-9,12-13,17H,10-11,14H2,1-2H3,(H,23,26). The maximum absolute atomic E-state index is 13.1. The van der Waals surface area contributed by atoms with Crippen molar-refractivity contribution < 1.29 is 13.2 Å². The Hall–Kier alpha value is -2.93. The first-order valence-electron chi connectivity index (χ1n) is 9.56. The number of benzene rings is 2. The quantitative estimate of drug-likeness (QED) is 0.718. The summed E-state index contributed by atoms with van der Waals surface area (Å²) in [5.41, 5.74) is 4.92. The van der Waals surface area contributed by atoms with Gasteiger partial charge in [-0.3, -0.25) is 4.79 Å². The number of sulfone groups is 1. The summed E-state index contributed by atoms with van der Waals surface area (Å²) in [6.07, 6.45) is 2.16. The molecule has 0 spiro atoms. The lowest BCUT2D eigenvalue weighted by Gasteiger charge is -2.11. The van der Waals surface area contributed by atoms with Crippen molar-refractivity contribution in [1.29, 1.82) is 0 Å². The molecule has 0 saturated carbocycles. The van der Waals surface area contributed by atoms with Gasteiger partial charge in [0.25, 0.3) is 5.91 Å². The zero-order chi connectivity index (χ0) is 20.6. The van der Waals surface area contributed by atoms with Gasteiger partial charge in [-0.2, -0.15) is 5.10 Å². The lowest BCUT2D eigenvalue weighted by molar-refractivity contribution is 0.0942. The van der Waals surface area contributed by atoms with Crippen LogP contribution in [0, 0.1) is 13.8 Å². The van der Waals surface area contributed by atoms with Crippen LogP contribution in [0.25, 0.3) is 16.9 Å². The third kappa shape index (κ3) is 4.10. The minimum absolute atomic E-state index is 0.00947. The number of aromatic nitrogens is 2. The van der Waals surface area contributed by atoms with Crippen molar-refractivity contribution in [3.8, 4) is 16.9 Å². The number of carbonyl (C=O) groups excluding carboxylic acids is 1. The molecule has 0 aliphatic carbocycles. The third-order valence-corrected chi connectivity index (χ3v) is 6.95. The van der Waals surface area contributed by atoms with Gasteiger partial charge < -0.3 is 5.32 Å². The van der Waals surface area contributed by atoms with Crippen LogP contribution in [0.2, 0.25) is 0 Å². The predicted molar refractivity (Wildman–Crippen MR) is 113 cm³/mol. The second-order valence-corrected chi connectivity index (χ2v) is 9.79. The Labute approximate surface area is 170 Å². The van der Waals surface area contributed by atoms with Gasteiger partial charge in [0.2, 0.25) is 0 Å². The average molecular weight is 410 g/mol. The van der Waals surface area contributed by atoms with E-state index >= 15 is 0 Å². The first-order valence-corrected chi connectivity index (χ1v) is 11.4. The summed E-state index contributed by atoms with van der Waals surface area (Å²) in [4.78, 5) is 13.1. The van der Waals surface area contributed by atoms with Gasteiger partial charge in [0.05, 0.1) is 22.8 Å². The molecule has 1 unspecified atom stereocenters. The van der Waals surface area contributed by atoms with Crippen molar-refractivity contribution in [3.05, 3.63) is 71.4 Å². The Morgan fingerprint density at radius 3 is 2.55 bits per heavy atom. The summed E-state index contributed by atoms with van der Waals surface area (Å²) < 4.78 is 25.2. The fourth-order valence-electron chi connectivity index (χ4n) is 3.70. The van der Waals surface area contributed by atoms with Crippen LogP contribution in [0.15, 0.2) is 54.7 Å². The Bertz CT molecular complexity index is 1170. The molecule has 1 fully saturated rings. The Balaban J connectivity index is 1.75. The zero-order valence-electron chi connectivity index (χ0n) is 16.4. The van der Waals surface area contributed by atoms with Gasteiger partial charge in [-0.1, -0.05) is 42.0 Å². The smallest absolute Gasteiger partial charge is 0.255 e. The number of hydrogen-bond acceptors (Lipinski definition) is 4. The molecular weight excluding hydrogens is 386 g/mol. The van der Waals surface area contributed by atoms with Crippen molar-refractivity contribution in [2.75, 3.05) is 11.5 Å². The van der Waals surface area contributed by atoms with E-state index in [1.165, 1.54) is 0 Å². The highest BCUT2D eigenvalue weighted by Crippen LogP contribution is 2.28. The van der Waals surface area contributed by atoms with Crippen molar-refractivity contribution in [1.82, 2.24) is 15.1 Å². The number of aryl methyl sites for hydroxylation is 2. The number of hydrogen-bond donors (Lipinski definition) is 1. The SMILES string of the molecule is Cc1ccc(-c2nn(-c3ccccc3)cc2C(=O)NC2CCS(=O)(=O)C2)c(C)c1. The minimum atomic E-state index is -3.07. The van der Waals surface area contributed by atoms with Crippen molar-refractivity contribution in [3.63, 3.8) is 0 Å². The third-order valence-electron chi connectivity index (χ3n) is 5.18. The number of nitrogens with one attached hydrogen (secondary N) is 1. The van der Waals surface area contributed by atoms with Gasteiger partial charge >= 0.3 is 0 Å². The molecule has 2 heterocycles. The van der Waals surface area contributed by atoms with Gasteiger partial charge in [-0.15, -0.1) is 0 Å². The number of para-hydroxylation sites is 1. The highest BCUT2D eigenvalue weighted by Gasteiger charge is 2.30. The fourth-order valence-corrected chi connectivity index (χ4v) is 5.38. The van der Waals surface area contributed by atoms with Crippen molar-refractivity contribution >= 4 is 15.7 Å². The summed E-state index contributed by atoms with van der Waals surface area (Å²) in [5, 5.41) is 7.59. The number of amides is 1. The van der Waals surface area contributed by atoms with Crippen LogP contribution in [0.4, 0.5) is 0 Å². The monoisotopic (exact) mass is 409 g/mol. The molecule has 1 atom stereocenters. The van der Waals surface area contributed by atoms with Gasteiger partial charge in [0.15, 0.2) is 9.84 Å². The van der Waals surface area contributed by atoms with Crippen molar-refractivity contribution in [2.45, 2.75) is 26.3 Å². The van der Waals surface area contributed by atoms with Crippen LogP contribution >= 0.6 is 0 Å². The molecule has 1 amide bonds. The van der Waals surface area contributed by atoms with E-state index in [1.54, 1.807) is 10.9 Å². The van der Waals surface area contributed by atoms with E-state index in [2.05, 4.69) is 11.4 Å². The van der Waals surface area contributed by atoms with Crippen molar-refractivity contribution in [2.24, 2.45) is 0 Å². The van der Waals surface area contributed by atoms with E-state index in [0.717, 1.165) is 22.4 Å². The summed E-state index contributed by atoms with van der Waals surface area (Å²) in [6.45, 7) is 4.02. The van der Waals surface area contributed by atoms with E-state index in [4.69, 9.17) is 5.10 Å². The molecule has 3 aromatic rings. The molecule has 6 nitrogen and oxygen atoms in total. The summed E-state index contributed by atoms with van der Waals surface area (Å²) >= 11 is 0. The molecule has 1 aliphatic heterocycles. The maximum atomic E-state index is 13.1. The Morgan fingerprint density at radius 1 is 1.14 bits per heavy atom. The molecule has 150 valence electrons. The highest BCUT2D eigenvalue weighted by molar-refractivity contribution is 7.91. The van der Waals surface area contributed by atoms with E-state index in [0.29, 0.717) is 17.7 Å². The van der Waals surface area contributed by atoms with Gasteiger partial charge in [-0.05, 0) is 38.0 Å². The van der Waals surface area contributed by atoms with E-state index in [-0.39, 0.29) is 23.5 Å². The molecule has 7 heteroatoms. The van der Waals surface area contributed by atoms with E-state index in [1.807, 2.05) is 56.3 Å². The van der Waals surface area contributed by atoms with Gasteiger partial charge in [0, 0.05) is 17.8 Å². The topological polar surface area (TPSA) is 81.1 Å². The Kier molecular flexibility index (Phi) is 5.00. The van der Waals surface area contributed by atoms with Gasteiger partial charge in [-0.25, -0.2) is 13.1 Å². The molecule has 1 saturated heterocycles. The number of carbonyl (C=O) groups is 1. The normalized spacial score (nSPS) is 17.9. The zero-order valence-corrected chi connectivity index (χ0v) is 17.2. The average Bonchev–Trinajstić information content (AvgIpc) is 3.26. The Morgan fingerprint density at radius 2 is 1.90 bits per heavy atom. The van der Waals surface area contributed by atoms with Crippen LogP contribution in [0.5, 0.6) is 0 Å². The lowest BCUT2D eigenvalue weighted by Crippen LogP contribution is -2.35. The first kappa shape index (κ1) is 19.4. The molecule has 0 bridgehead atoms. The van der Waals surface area contributed by atoms with Crippen LogP contribution in [-0.2, 0) is 9.84 Å². The molecule has 1 N–H and O–H groups in total. The van der Waals surface area contributed by atoms with Gasteiger partial charge in [0.1, 0.15) is 5.69 Å². The lowest BCUT2D eigenvalue weighted by atomic mass is 10.0. The molecular formula is C22H23N3O3S. The number of nitrogens with zero attached hydrogens (tertiary/aromatic N) is 2. The fraction of sp³-hybridized carbons (Fsp3) is 0.273. The van der Waals surface area contributed by atoms with Crippen LogP contribution in [0.1, 0.15) is 27.9 Å². The molecule has 1 aromatic heterocycles. The molecule has 4 rings (SSSR count). The molecule has 2 aromatic carbocycles. The second-order valence-electron chi connectivity index (χ2n) is 7.56. The minimum Gasteiger partial charge on any atom is -0.348 e. The van der Waals surface area contributed by atoms with E-state index < -0.39 is 9.84 Å².